The summed E-state index contributed by atoms with van der Waals surface area (Å²) < 4.78 is 31.1. The summed E-state index contributed by atoms with van der Waals surface area (Å²) in [5.74, 6) is -1.87. The van der Waals surface area contributed by atoms with Gasteiger partial charge in [0.25, 0.3) is 0 Å². The molecule has 0 spiro atoms. The lowest BCUT2D eigenvalue weighted by molar-refractivity contribution is -0.138. The summed E-state index contributed by atoms with van der Waals surface area (Å²) in [5, 5.41) is 12.1. The molecule has 1 aromatic heterocycles. The number of thioether (sulfide) groups is 1. The number of nitrogens with two attached hydrogens (primary N) is 1. The summed E-state index contributed by atoms with van der Waals surface area (Å²) in [4.78, 5) is 27.0. The normalized spacial score (nSPS) is 13.1. The number of nitrogens with one attached hydrogen (secondary N) is 1. The quantitative estimate of drug-likeness (QED) is 0.242. The molecule has 4 N–H and O–H groups in total. The van der Waals surface area contributed by atoms with E-state index in [1.165, 1.54) is 17.8 Å². The van der Waals surface area contributed by atoms with Crippen molar-refractivity contribution in [3.8, 4) is 11.1 Å². The van der Waals surface area contributed by atoms with Gasteiger partial charge >= 0.3 is 5.97 Å². The summed E-state index contributed by atoms with van der Waals surface area (Å²) in [6, 6.07) is 13.8. The van der Waals surface area contributed by atoms with Crippen molar-refractivity contribution in [2.45, 2.75) is 45.8 Å². The van der Waals surface area contributed by atoms with E-state index in [0.717, 1.165) is 23.4 Å². The highest BCUT2D eigenvalue weighted by molar-refractivity contribution is 8.00. The van der Waals surface area contributed by atoms with E-state index in [0.29, 0.717) is 31.6 Å². The maximum Gasteiger partial charge on any atom is 0.321 e. The minimum atomic E-state index is -0.976. The number of benzene rings is 2. The number of aliphatic carboxylic acids is 1. The van der Waals surface area contributed by atoms with Crippen molar-refractivity contribution in [2.75, 3.05) is 31.6 Å². The zero-order valence-electron chi connectivity index (χ0n) is 24.1. The largest absolute Gasteiger partial charge is 0.480 e. The summed E-state index contributed by atoms with van der Waals surface area (Å²) in [5.41, 5.74) is 7.88. The molecule has 0 aliphatic heterocycles. The number of rotatable bonds is 14. The van der Waals surface area contributed by atoms with Crippen LogP contribution in [0, 0.1) is 17.0 Å². The Bertz CT molecular complexity index is 1310. The number of amides is 1. The number of nitrogens with zero attached hydrogens (tertiary/aromatic N) is 2. The van der Waals surface area contributed by atoms with Crippen LogP contribution in [0.1, 0.15) is 44.5 Å². The molecule has 0 bridgehead atoms. The Hall–Kier alpha value is -3.21. The number of likely N-dealkylation sites (N-methyl/N-ethyl adjacent to an activating group) is 1. The van der Waals surface area contributed by atoms with E-state index in [1.807, 2.05) is 67.9 Å². The average molecular weight is 587 g/mol. The van der Waals surface area contributed by atoms with Gasteiger partial charge in [0.05, 0.1) is 11.8 Å². The molecular weight excluding hydrogens is 546 g/mol. The molecule has 2 atom stereocenters. The summed E-state index contributed by atoms with van der Waals surface area (Å²) in [6.07, 6.45) is 2.38. The zero-order chi connectivity index (χ0) is 30.2. The Morgan fingerprint density at radius 3 is 2.44 bits per heavy atom. The zero-order valence-corrected chi connectivity index (χ0v) is 24.9. The van der Waals surface area contributed by atoms with Crippen LogP contribution in [0.2, 0.25) is 0 Å². The first-order chi connectivity index (χ1) is 19.5. The molecule has 10 heteroatoms. The Morgan fingerprint density at radius 1 is 1.12 bits per heavy atom. The van der Waals surface area contributed by atoms with Gasteiger partial charge in [-0.05, 0) is 55.3 Å². The van der Waals surface area contributed by atoms with Crippen LogP contribution < -0.4 is 11.1 Å². The van der Waals surface area contributed by atoms with Gasteiger partial charge in [-0.15, -0.1) is 11.8 Å². The summed E-state index contributed by atoms with van der Waals surface area (Å²) >= 11 is 1.26. The second-order valence-corrected chi connectivity index (χ2v) is 12.1. The number of aromatic nitrogens is 1. The van der Waals surface area contributed by atoms with E-state index < -0.39 is 35.1 Å². The predicted molar refractivity (Wildman–Crippen MR) is 161 cm³/mol. The molecule has 2 aromatic carbocycles. The van der Waals surface area contributed by atoms with Gasteiger partial charge in [0, 0.05) is 41.9 Å². The Labute approximate surface area is 245 Å². The van der Waals surface area contributed by atoms with Crippen LogP contribution in [0.3, 0.4) is 0 Å². The predicted octanol–water partition coefficient (Wildman–Crippen LogP) is 5.15. The van der Waals surface area contributed by atoms with Crippen LogP contribution in [-0.4, -0.2) is 64.1 Å². The van der Waals surface area contributed by atoms with Crippen molar-refractivity contribution in [1.82, 2.24) is 14.8 Å². The van der Waals surface area contributed by atoms with Crippen molar-refractivity contribution in [3.05, 3.63) is 83.7 Å². The van der Waals surface area contributed by atoms with E-state index in [2.05, 4.69) is 5.32 Å². The first kappa shape index (κ1) is 32.3. The van der Waals surface area contributed by atoms with Gasteiger partial charge < -0.3 is 25.6 Å². The molecule has 3 rings (SSSR count). The Balaban J connectivity index is 2.08. The second kappa shape index (κ2) is 14.6. The molecule has 2 unspecified atom stereocenters. The molecule has 1 amide bonds. The smallest absolute Gasteiger partial charge is 0.321 e. The molecule has 0 aliphatic carbocycles. The van der Waals surface area contributed by atoms with Gasteiger partial charge in [0.1, 0.15) is 17.7 Å². The number of carbonyl (C=O) groups is 2. The molecule has 0 radical (unpaired) electrons. The molecule has 0 saturated heterocycles. The Kier molecular flexibility index (Phi) is 11.5. The highest BCUT2D eigenvalue weighted by atomic mass is 32.2. The van der Waals surface area contributed by atoms with Gasteiger partial charge in [-0.1, -0.05) is 51.1 Å². The lowest BCUT2D eigenvalue weighted by Gasteiger charge is -2.41. The lowest BCUT2D eigenvalue weighted by atomic mass is 9.83. The molecule has 41 heavy (non-hydrogen) atoms. The highest BCUT2D eigenvalue weighted by Crippen LogP contribution is 2.41. The molecule has 1 heterocycles. The first-order valence-electron chi connectivity index (χ1n) is 13.6. The fourth-order valence-electron chi connectivity index (χ4n) is 4.90. The van der Waals surface area contributed by atoms with Crippen molar-refractivity contribution in [2.24, 2.45) is 11.1 Å². The second-order valence-electron chi connectivity index (χ2n) is 11.1. The summed E-state index contributed by atoms with van der Waals surface area (Å²) in [7, 11) is 1.57. The molecule has 222 valence electrons. The molecule has 0 saturated carbocycles. The number of hydrogen-bond acceptors (Lipinski definition) is 5. The van der Waals surface area contributed by atoms with Crippen LogP contribution in [0.5, 0.6) is 0 Å². The van der Waals surface area contributed by atoms with E-state index in [1.54, 1.807) is 11.9 Å². The standard InChI is InChI=1S/C31H40F2N4O3S/c1-31(2,3)29(37(14-8-13-34)28(38)20-41-19-26(35-4)30(39)40)27-15-22(24-16-23(32)11-12-25(24)33)18-36(27)17-21-9-6-5-7-10-21/h5-7,9-12,15-16,18,26,29,35H,8,13-14,17,19-20,34H2,1-4H3,(H,39,40). The van der Waals surface area contributed by atoms with Crippen molar-refractivity contribution < 1.29 is 23.5 Å². The molecular formula is C31H40F2N4O3S. The van der Waals surface area contributed by atoms with Gasteiger partial charge in [-0.3, -0.25) is 9.59 Å². The molecule has 0 fully saturated rings. The van der Waals surface area contributed by atoms with Crippen molar-refractivity contribution in [1.29, 1.82) is 0 Å². The van der Waals surface area contributed by atoms with Gasteiger partial charge in [-0.2, -0.15) is 0 Å². The minimum absolute atomic E-state index is 0.0907. The lowest BCUT2D eigenvalue weighted by Crippen LogP contribution is -2.44. The van der Waals surface area contributed by atoms with Crippen molar-refractivity contribution in [3.63, 3.8) is 0 Å². The van der Waals surface area contributed by atoms with Gasteiger partial charge in [-0.25, -0.2) is 8.78 Å². The monoisotopic (exact) mass is 586 g/mol. The molecule has 7 nitrogen and oxygen atoms in total. The van der Waals surface area contributed by atoms with Crippen LogP contribution in [0.4, 0.5) is 8.78 Å². The van der Waals surface area contributed by atoms with E-state index in [9.17, 15) is 23.5 Å². The number of hydrogen-bond donors (Lipinski definition) is 3. The average Bonchev–Trinajstić information content (AvgIpc) is 3.32. The minimum Gasteiger partial charge on any atom is -0.480 e. The topological polar surface area (TPSA) is 101 Å². The number of carboxylic acid groups (broad SMARTS) is 1. The van der Waals surface area contributed by atoms with Crippen LogP contribution in [0.15, 0.2) is 60.8 Å². The van der Waals surface area contributed by atoms with E-state index in [-0.39, 0.29) is 23.0 Å². The Morgan fingerprint density at radius 2 is 1.83 bits per heavy atom. The fraction of sp³-hybridized carbons (Fsp3) is 0.419. The van der Waals surface area contributed by atoms with Crippen LogP contribution >= 0.6 is 11.8 Å². The maximum absolute atomic E-state index is 14.9. The van der Waals surface area contributed by atoms with Crippen LogP contribution in [0.25, 0.3) is 11.1 Å². The highest BCUT2D eigenvalue weighted by Gasteiger charge is 2.37. The van der Waals surface area contributed by atoms with Gasteiger partial charge in [0.2, 0.25) is 5.91 Å². The maximum atomic E-state index is 14.9. The number of carbonyl (C=O) groups excluding carboxylic acids is 1. The van der Waals surface area contributed by atoms with E-state index in [4.69, 9.17) is 5.73 Å². The van der Waals surface area contributed by atoms with Crippen LogP contribution in [-0.2, 0) is 16.1 Å². The summed E-state index contributed by atoms with van der Waals surface area (Å²) in [6.45, 7) is 7.37. The molecule has 0 aliphatic rings. The molecule has 3 aromatic rings. The number of carboxylic acids is 1. The first-order valence-corrected chi connectivity index (χ1v) is 14.8. The van der Waals surface area contributed by atoms with Crippen molar-refractivity contribution >= 4 is 23.6 Å². The van der Waals surface area contributed by atoms with E-state index >= 15 is 0 Å². The third-order valence-corrected chi connectivity index (χ3v) is 7.88. The fourth-order valence-corrected chi connectivity index (χ4v) is 5.90. The third-order valence-electron chi connectivity index (χ3n) is 6.86. The SMILES string of the molecule is CNC(CSCC(=O)N(CCCN)C(c1cc(-c2cc(F)ccc2F)cn1Cc1ccccc1)C(C)(C)C)C(=O)O. The van der Waals surface area contributed by atoms with Gasteiger partial charge in [0.15, 0.2) is 0 Å². The third kappa shape index (κ3) is 8.64. The number of halogens is 2.